The number of aromatic nitrogens is 4. The van der Waals surface area contributed by atoms with Crippen LogP contribution in [0.5, 0.6) is 11.5 Å². The van der Waals surface area contributed by atoms with Crippen LogP contribution in [0.4, 0.5) is 11.4 Å². The lowest BCUT2D eigenvalue weighted by Gasteiger charge is -2.35. The third-order valence-corrected chi connectivity index (χ3v) is 8.05. The minimum Gasteiger partial charge on any atom is -0.455 e. The lowest BCUT2D eigenvalue weighted by molar-refractivity contribution is 0.0383. The zero-order valence-electron chi connectivity index (χ0n) is 21.5. The van der Waals surface area contributed by atoms with Crippen LogP contribution in [0.1, 0.15) is 17.2 Å². The van der Waals surface area contributed by atoms with Crippen LogP contribution in [-0.2, 0) is 11.3 Å². The predicted molar refractivity (Wildman–Crippen MR) is 154 cm³/mol. The third kappa shape index (κ3) is 4.94. The Kier molecular flexibility index (Phi) is 6.46. The molecule has 5 heterocycles. The lowest BCUT2D eigenvalue weighted by Crippen LogP contribution is -2.39. The topological polar surface area (TPSA) is 97.3 Å². The Morgan fingerprint density at radius 1 is 1.05 bits per heavy atom. The van der Waals surface area contributed by atoms with Gasteiger partial charge in [0.05, 0.1) is 28.3 Å². The smallest absolute Gasteiger partial charge is 0.249 e. The van der Waals surface area contributed by atoms with Crippen LogP contribution in [0.2, 0.25) is 0 Å². The van der Waals surface area contributed by atoms with Gasteiger partial charge in [-0.3, -0.25) is 9.78 Å². The summed E-state index contributed by atoms with van der Waals surface area (Å²) in [6, 6.07) is 19.9. The zero-order valence-corrected chi connectivity index (χ0v) is 22.3. The van der Waals surface area contributed by atoms with Crippen molar-refractivity contribution in [1.82, 2.24) is 19.7 Å². The molecular weight excluding hydrogens is 524 g/mol. The summed E-state index contributed by atoms with van der Waals surface area (Å²) < 4.78 is 14.5. The molecule has 1 fully saturated rings. The Bertz CT molecular complexity index is 1720. The van der Waals surface area contributed by atoms with Gasteiger partial charge in [0.1, 0.15) is 17.6 Å². The number of nitrogens with one attached hydrogen (secondary N) is 2. The van der Waals surface area contributed by atoms with Crippen LogP contribution >= 0.6 is 11.8 Å². The summed E-state index contributed by atoms with van der Waals surface area (Å²) in [6.07, 6.45) is 8.83. The van der Waals surface area contributed by atoms with E-state index in [0.717, 1.165) is 56.0 Å². The minimum atomic E-state index is -0.169. The molecule has 5 aromatic rings. The number of hydrogen-bond donors (Lipinski definition) is 2. The van der Waals surface area contributed by atoms with Crippen molar-refractivity contribution >= 4 is 23.1 Å². The molecule has 40 heavy (non-hydrogen) atoms. The van der Waals surface area contributed by atoms with Gasteiger partial charge >= 0.3 is 0 Å². The second kappa shape index (κ2) is 10.6. The number of nitrogens with zero attached hydrogens (tertiary/aromatic N) is 4. The number of fused-ring (bicyclic) bond motifs is 2. The average molecular weight is 551 g/mol. The maximum absolute atomic E-state index is 11.8. The molecule has 3 aromatic heterocycles. The molecule has 2 N–H and O–H groups in total. The first-order chi connectivity index (χ1) is 19.7. The van der Waals surface area contributed by atoms with E-state index in [1.165, 1.54) is 0 Å². The maximum Gasteiger partial charge on any atom is 0.249 e. The Labute approximate surface area is 234 Å². The fraction of sp³-hybridized carbons (Fsp3) is 0.167. The molecule has 1 saturated heterocycles. The fourth-order valence-electron chi connectivity index (χ4n) is 5.01. The number of rotatable bonds is 6. The number of morpholine rings is 1. The summed E-state index contributed by atoms with van der Waals surface area (Å²) in [6.45, 7) is 2.57. The van der Waals surface area contributed by atoms with Crippen LogP contribution in [-0.4, -0.2) is 39.4 Å². The van der Waals surface area contributed by atoms with Gasteiger partial charge in [0.25, 0.3) is 0 Å². The molecule has 0 saturated carbocycles. The third-order valence-electron chi connectivity index (χ3n) is 6.97. The molecule has 0 amide bonds. The molecule has 7 rings (SSSR count). The molecule has 10 heteroatoms. The summed E-state index contributed by atoms with van der Waals surface area (Å²) in [7, 11) is 0. The highest BCUT2D eigenvalue weighted by molar-refractivity contribution is 7.99. The van der Waals surface area contributed by atoms with Gasteiger partial charge < -0.3 is 24.7 Å². The van der Waals surface area contributed by atoms with Crippen molar-refractivity contribution in [3.63, 3.8) is 0 Å². The van der Waals surface area contributed by atoms with Crippen molar-refractivity contribution in [3.05, 3.63) is 113 Å². The van der Waals surface area contributed by atoms with Gasteiger partial charge in [-0.1, -0.05) is 23.9 Å². The van der Waals surface area contributed by atoms with Gasteiger partial charge in [-0.15, -0.1) is 0 Å². The van der Waals surface area contributed by atoms with Gasteiger partial charge in [0.2, 0.25) is 5.56 Å². The molecule has 0 spiro atoms. The van der Waals surface area contributed by atoms with E-state index in [0.29, 0.717) is 19.7 Å². The van der Waals surface area contributed by atoms with E-state index in [1.54, 1.807) is 41.1 Å². The number of aromatic amines is 1. The van der Waals surface area contributed by atoms with E-state index in [4.69, 9.17) is 9.47 Å². The summed E-state index contributed by atoms with van der Waals surface area (Å²) >= 11 is 1.69. The first-order valence-corrected chi connectivity index (χ1v) is 13.9. The van der Waals surface area contributed by atoms with Gasteiger partial charge in [0.15, 0.2) is 0 Å². The molecule has 1 unspecified atom stereocenters. The van der Waals surface area contributed by atoms with Gasteiger partial charge in [0, 0.05) is 67.4 Å². The number of pyridine rings is 2. The van der Waals surface area contributed by atoms with Crippen molar-refractivity contribution in [2.75, 3.05) is 29.9 Å². The normalized spacial score (nSPS) is 16.1. The molecule has 2 aromatic carbocycles. The molecule has 9 nitrogen and oxygen atoms in total. The SMILES string of the molecule is O=c1cc(N2CCOC(c3cccc4c3Oc3ccc(NCc5cncc(-n6cccn6)c5)cc3S4)C2)cc[nH]1. The van der Waals surface area contributed by atoms with Crippen molar-refractivity contribution in [2.45, 2.75) is 22.4 Å². The standard InChI is InChI=1S/C30H26N6O3S/c37-29-15-22(7-9-32-29)35-11-12-38-26(19-35)24-3-1-4-27-30(24)39-25-6-5-21(14-28(25)40-27)33-17-20-13-23(18-31-16-20)36-10-2-8-34-36/h1-10,13-16,18,26,33H,11-12,17,19H2,(H,32,37). The van der Waals surface area contributed by atoms with Crippen LogP contribution in [0.25, 0.3) is 5.69 Å². The summed E-state index contributed by atoms with van der Waals surface area (Å²) in [5.41, 5.74) is 4.79. The van der Waals surface area contributed by atoms with Gasteiger partial charge in [-0.25, -0.2) is 4.68 Å². The number of ether oxygens (including phenoxy) is 2. The van der Waals surface area contributed by atoms with E-state index in [1.807, 2.05) is 42.7 Å². The number of para-hydroxylation sites is 1. The summed E-state index contributed by atoms with van der Waals surface area (Å²) in [5.74, 6) is 1.65. The van der Waals surface area contributed by atoms with E-state index < -0.39 is 0 Å². The number of benzene rings is 2. The summed E-state index contributed by atoms with van der Waals surface area (Å²) in [4.78, 5) is 23.2. The highest BCUT2D eigenvalue weighted by Gasteiger charge is 2.29. The zero-order chi connectivity index (χ0) is 26.9. The van der Waals surface area contributed by atoms with E-state index in [2.05, 4.69) is 49.5 Å². The molecule has 0 radical (unpaired) electrons. The summed E-state index contributed by atoms with van der Waals surface area (Å²) in [5, 5.41) is 7.79. The lowest BCUT2D eigenvalue weighted by atomic mass is 10.1. The number of hydrogen-bond acceptors (Lipinski definition) is 8. The second-order valence-electron chi connectivity index (χ2n) is 9.61. The predicted octanol–water partition coefficient (Wildman–Crippen LogP) is 5.40. The molecule has 2 aliphatic heterocycles. The van der Waals surface area contributed by atoms with Crippen molar-refractivity contribution in [2.24, 2.45) is 0 Å². The first kappa shape index (κ1) is 24.5. The van der Waals surface area contributed by atoms with Crippen LogP contribution in [0.15, 0.2) is 106 Å². The van der Waals surface area contributed by atoms with Gasteiger partial charge in [-0.05, 0) is 48.0 Å². The minimum absolute atomic E-state index is 0.109. The average Bonchev–Trinajstić information content (AvgIpc) is 3.54. The highest BCUT2D eigenvalue weighted by atomic mass is 32.2. The molecule has 0 aliphatic carbocycles. The Morgan fingerprint density at radius 3 is 2.92 bits per heavy atom. The van der Waals surface area contributed by atoms with Crippen molar-refractivity contribution in [1.29, 1.82) is 0 Å². The fourth-order valence-corrected chi connectivity index (χ4v) is 6.04. The molecule has 1 atom stereocenters. The van der Waals surface area contributed by atoms with Crippen LogP contribution in [0.3, 0.4) is 0 Å². The van der Waals surface area contributed by atoms with Gasteiger partial charge in [-0.2, -0.15) is 5.10 Å². The largest absolute Gasteiger partial charge is 0.455 e. The molecule has 200 valence electrons. The molecular formula is C30H26N6O3S. The van der Waals surface area contributed by atoms with E-state index >= 15 is 0 Å². The van der Waals surface area contributed by atoms with Crippen molar-refractivity contribution in [3.8, 4) is 17.2 Å². The Morgan fingerprint density at radius 2 is 2.02 bits per heavy atom. The monoisotopic (exact) mass is 550 g/mol. The first-order valence-electron chi connectivity index (χ1n) is 13.1. The molecule has 2 aliphatic rings. The Balaban J connectivity index is 1.07. The quantitative estimate of drug-likeness (QED) is 0.285. The highest BCUT2D eigenvalue weighted by Crippen LogP contribution is 2.50. The van der Waals surface area contributed by atoms with E-state index in [9.17, 15) is 4.79 Å². The number of anilines is 2. The van der Waals surface area contributed by atoms with E-state index in [-0.39, 0.29) is 11.7 Å². The molecule has 0 bridgehead atoms. The number of H-pyrrole nitrogens is 1. The maximum atomic E-state index is 11.8. The van der Waals surface area contributed by atoms with Crippen LogP contribution in [0, 0.1) is 0 Å². The second-order valence-corrected chi connectivity index (χ2v) is 10.7. The Hall–Kier alpha value is -4.54. The van der Waals surface area contributed by atoms with Crippen molar-refractivity contribution < 1.29 is 9.47 Å². The van der Waals surface area contributed by atoms with Crippen LogP contribution < -0.4 is 20.5 Å².